The van der Waals surface area contributed by atoms with Crippen LogP contribution in [0.25, 0.3) is 0 Å². The van der Waals surface area contributed by atoms with Crippen LogP contribution in [0.4, 0.5) is 5.69 Å². The number of sulfonamides is 1. The zero-order valence-corrected chi connectivity index (χ0v) is 17.8. The molecule has 2 aromatic carbocycles. The molecule has 0 saturated carbocycles. The lowest BCUT2D eigenvalue weighted by Crippen LogP contribution is -2.27. The van der Waals surface area contributed by atoms with Crippen molar-refractivity contribution >= 4 is 21.6 Å². The molecule has 3 rings (SSSR count). The smallest absolute Gasteiger partial charge is 0.264 e. The Labute approximate surface area is 176 Å². The van der Waals surface area contributed by atoms with Gasteiger partial charge in [0.15, 0.2) is 0 Å². The van der Waals surface area contributed by atoms with Gasteiger partial charge in [-0.2, -0.15) is 0 Å². The predicted molar refractivity (Wildman–Crippen MR) is 115 cm³/mol. The first-order chi connectivity index (χ1) is 14.3. The lowest BCUT2D eigenvalue weighted by Gasteiger charge is -2.22. The van der Waals surface area contributed by atoms with Gasteiger partial charge < -0.3 is 10.1 Å². The van der Waals surface area contributed by atoms with Gasteiger partial charge in [-0.05, 0) is 66.6 Å². The van der Waals surface area contributed by atoms with Crippen molar-refractivity contribution in [3.63, 3.8) is 0 Å². The number of benzene rings is 2. The van der Waals surface area contributed by atoms with E-state index >= 15 is 0 Å². The molecule has 30 heavy (non-hydrogen) atoms. The normalized spacial score (nSPS) is 11.0. The summed E-state index contributed by atoms with van der Waals surface area (Å²) in [6.07, 6.45) is 3.36. The highest BCUT2D eigenvalue weighted by atomic mass is 32.2. The molecule has 0 atom stereocenters. The number of carbonyl (C=O) groups excluding carboxylic acids is 1. The van der Waals surface area contributed by atoms with Gasteiger partial charge in [-0.25, -0.2) is 8.42 Å². The maximum Gasteiger partial charge on any atom is 0.264 e. The molecular formula is C22H23N3O4S. The number of nitrogens with zero attached hydrogens (tertiary/aromatic N) is 2. The molecule has 0 spiro atoms. The lowest BCUT2D eigenvalue weighted by molar-refractivity contribution is 0.0951. The Balaban J connectivity index is 1.77. The van der Waals surface area contributed by atoms with Crippen molar-refractivity contribution in [3.05, 3.63) is 83.7 Å². The van der Waals surface area contributed by atoms with Gasteiger partial charge in [-0.3, -0.25) is 14.1 Å². The number of pyridine rings is 1. The molecule has 3 aromatic rings. The van der Waals surface area contributed by atoms with Gasteiger partial charge >= 0.3 is 0 Å². The van der Waals surface area contributed by atoms with Crippen molar-refractivity contribution in [2.75, 3.05) is 18.5 Å². The van der Waals surface area contributed by atoms with Crippen LogP contribution in [-0.2, 0) is 16.6 Å². The molecule has 1 amide bonds. The summed E-state index contributed by atoms with van der Waals surface area (Å²) in [5, 5.41) is 2.84. The van der Waals surface area contributed by atoms with Crippen LogP contribution in [0.1, 0.15) is 21.5 Å². The summed E-state index contributed by atoms with van der Waals surface area (Å²) >= 11 is 0. The van der Waals surface area contributed by atoms with E-state index in [2.05, 4.69) is 10.3 Å². The van der Waals surface area contributed by atoms with Gasteiger partial charge in [0, 0.05) is 31.5 Å². The Morgan fingerprint density at radius 3 is 2.47 bits per heavy atom. The van der Waals surface area contributed by atoms with E-state index in [0.29, 0.717) is 29.1 Å². The van der Waals surface area contributed by atoms with Crippen LogP contribution in [0.5, 0.6) is 5.75 Å². The fourth-order valence-electron chi connectivity index (χ4n) is 2.97. The first-order valence-electron chi connectivity index (χ1n) is 9.23. The standard InChI is InChI=1S/C22H23N3O4S/c1-16-13-18(22(26)24-15-17-5-4-12-23-14-17)6-11-21(16)25(2)30(27,28)20-9-7-19(29-3)8-10-20/h4-14H,15H2,1-3H3,(H,24,26). The lowest BCUT2D eigenvalue weighted by atomic mass is 10.1. The van der Waals surface area contributed by atoms with Gasteiger partial charge in [-0.1, -0.05) is 6.07 Å². The summed E-state index contributed by atoms with van der Waals surface area (Å²) < 4.78 is 32.2. The summed E-state index contributed by atoms with van der Waals surface area (Å²) in [6, 6.07) is 14.8. The molecule has 0 aliphatic heterocycles. The zero-order valence-electron chi connectivity index (χ0n) is 17.0. The third kappa shape index (κ3) is 4.60. The first-order valence-corrected chi connectivity index (χ1v) is 10.7. The summed E-state index contributed by atoms with van der Waals surface area (Å²) in [6.45, 7) is 2.13. The highest BCUT2D eigenvalue weighted by Crippen LogP contribution is 2.27. The van der Waals surface area contributed by atoms with Crippen LogP contribution in [0.15, 0.2) is 71.9 Å². The van der Waals surface area contributed by atoms with Gasteiger partial charge in [0.25, 0.3) is 15.9 Å². The summed E-state index contributed by atoms with van der Waals surface area (Å²) in [4.78, 5) is 16.6. The minimum absolute atomic E-state index is 0.156. The highest BCUT2D eigenvalue weighted by molar-refractivity contribution is 7.92. The van der Waals surface area contributed by atoms with Gasteiger partial charge in [0.2, 0.25) is 0 Å². The van der Waals surface area contributed by atoms with Crippen LogP contribution in [-0.4, -0.2) is 33.5 Å². The van der Waals surface area contributed by atoms with Crippen molar-refractivity contribution < 1.29 is 17.9 Å². The molecule has 7 nitrogen and oxygen atoms in total. The van der Waals surface area contributed by atoms with Crippen LogP contribution >= 0.6 is 0 Å². The number of anilines is 1. The van der Waals surface area contributed by atoms with E-state index in [1.54, 1.807) is 55.7 Å². The first kappa shape index (κ1) is 21.3. The average molecular weight is 426 g/mol. The van der Waals surface area contributed by atoms with Crippen LogP contribution < -0.4 is 14.4 Å². The molecule has 1 N–H and O–H groups in total. The average Bonchev–Trinajstić information content (AvgIpc) is 2.77. The van der Waals surface area contributed by atoms with E-state index < -0.39 is 10.0 Å². The number of amides is 1. The van der Waals surface area contributed by atoms with Crippen LogP contribution in [0, 0.1) is 6.92 Å². The zero-order chi connectivity index (χ0) is 21.7. The van der Waals surface area contributed by atoms with Gasteiger partial charge in [0.1, 0.15) is 5.75 Å². The number of rotatable bonds is 7. The Kier molecular flexibility index (Phi) is 6.37. The SMILES string of the molecule is COc1ccc(S(=O)(=O)N(C)c2ccc(C(=O)NCc3cccnc3)cc2C)cc1. The molecule has 0 bridgehead atoms. The highest BCUT2D eigenvalue weighted by Gasteiger charge is 2.23. The molecule has 156 valence electrons. The third-order valence-corrected chi connectivity index (χ3v) is 6.48. The predicted octanol–water partition coefficient (Wildman–Crippen LogP) is 3.15. The maximum atomic E-state index is 13.0. The maximum absolute atomic E-state index is 13.0. The van der Waals surface area contributed by atoms with Crippen molar-refractivity contribution in [3.8, 4) is 5.75 Å². The molecule has 0 fully saturated rings. The molecule has 0 unspecified atom stereocenters. The molecule has 0 aliphatic carbocycles. The summed E-state index contributed by atoms with van der Waals surface area (Å²) in [5.74, 6) is 0.337. The molecule has 1 aromatic heterocycles. The third-order valence-electron chi connectivity index (χ3n) is 4.69. The monoisotopic (exact) mass is 425 g/mol. The number of hydrogen-bond donors (Lipinski definition) is 1. The molecule has 0 aliphatic rings. The Hall–Kier alpha value is -3.39. The van der Waals surface area contributed by atoms with E-state index in [4.69, 9.17) is 4.74 Å². The van der Waals surface area contributed by atoms with Crippen molar-refractivity contribution in [2.45, 2.75) is 18.4 Å². The van der Waals surface area contributed by atoms with Crippen molar-refractivity contribution in [2.24, 2.45) is 0 Å². The number of methoxy groups -OCH3 is 1. The molecule has 8 heteroatoms. The van der Waals surface area contributed by atoms with Crippen LogP contribution in [0.2, 0.25) is 0 Å². The number of aromatic nitrogens is 1. The Morgan fingerprint density at radius 1 is 1.13 bits per heavy atom. The fourth-order valence-corrected chi connectivity index (χ4v) is 4.23. The van der Waals surface area contributed by atoms with Gasteiger partial charge in [0.05, 0.1) is 17.7 Å². The molecule has 0 radical (unpaired) electrons. The van der Waals surface area contributed by atoms with E-state index in [1.807, 2.05) is 6.07 Å². The molecule has 0 saturated heterocycles. The largest absolute Gasteiger partial charge is 0.497 e. The second kappa shape index (κ2) is 8.96. The van der Waals surface area contributed by atoms with Crippen molar-refractivity contribution in [1.82, 2.24) is 10.3 Å². The van der Waals surface area contributed by atoms with E-state index in [0.717, 1.165) is 5.56 Å². The second-order valence-corrected chi connectivity index (χ2v) is 8.66. The number of nitrogens with one attached hydrogen (secondary N) is 1. The Bertz CT molecular complexity index is 1130. The summed E-state index contributed by atoms with van der Waals surface area (Å²) in [7, 11) is -0.737. The second-order valence-electron chi connectivity index (χ2n) is 6.69. The van der Waals surface area contributed by atoms with E-state index in [9.17, 15) is 13.2 Å². The van der Waals surface area contributed by atoms with Gasteiger partial charge in [-0.15, -0.1) is 0 Å². The number of carbonyl (C=O) groups is 1. The van der Waals surface area contributed by atoms with Crippen molar-refractivity contribution in [1.29, 1.82) is 0 Å². The van der Waals surface area contributed by atoms with E-state index in [-0.39, 0.29) is 10.8 Å². The number of hydrogen-bond acceptors (Lipinski definition) is 5. The summed E-state index contributed by atoms with van der Waals surface area (Å²) in [5.41, 5.74) is 2.51. The Morgan fingerprint density at radius 2 is 1.87 bits per heavy atom. The van der Waals surface area contributed by atoms with E-state index in [1.165, 1.54) is 30.6 Å². The minimum atomic E-state index is -3.75. The number of aryl methyl sites for hydroxylation is 1. The van der Waals surface area contributed by atoms with Crippen LogP contribution in [0.3, 0.4) is 0 Å². The molecule has 1 heterocycles. The quantitative estimate of drug-likeness (QED) is 0.628. The minimum Gasteiger partial charge on any atom is -0.497 e. The topological polar surface area (TPSA) is 88.6 Å². The fraction of sp³-hybridized carbons (Fsp3) is 0.182. The molecular weight excluding hydrogens is 402 g/mol. The number of ether oxygens (including phenoxy) is 1.